The number of ether oxygens (including phenoxy) is 7. The van der Waals surface area contributed by atoms with Crippen molar-refractivity contribution in [3.05, 3.63) is 0 Å². The molecule has 2 spiro atoms. The molecular weight excluding hydrogens is 782 g/mol. The number of halogens is 3. The van der Waals surface area contributed by atoms with Crippen LogP contribution in [0.15, 0.2) is 0 Å². The minimum absolute atomic E-state index is 0.106. The zero-order valence-corrected chi connectivity index (χ0v) is 41.9. The van der Waals surface area contributed by atoms with E-state index in [4.69, 9.17) is 33.2 Å². The molecule has 6 aliphatic heterocycles. The molecule has 2 aliphatic carbocycles. The molecule has 61 heavy (non-hydrogen) atoms. The third kappa shape index (κ3) is 20.3. The van der Waals surface area contributed by atoms with E-state index in [1.54, 1.807) is 6.92 Å². The van der Waals surface area contributed by atoms with Gasteiger partial charge in [0.2, 0.25) is 0 Å². The fourth-order valence-electron chi connectivity index (χ4n) is 8.62. The van der Waals surface area contributed by atoms with E-state index < -0.39 is 18.2 Å². The van der Waals surface area contributed by atoms with Crippen LogP contribution in [0.2, 0.25) is 0 Å². The van der Waals surface area contributed by atoms with Gasteiger partial charge in [0.05, 0.1) is 81.9 Å². The van der Waals surface area contributed by atoms with Crippen LogP contribution in [0.3, 0.4) is 0 Å². The Morgan fingerprint density at radius 2 is 0.852 bits per heavy atom. The molecule has 0 aromatic heterocycles. The fraction of sp³-hybridized carbons (Fsp3) is 1.00. The predicted octanol–water partition coefficient (Wildman–Crippen LogP) is 13.1. The number of rotatable bonds is 6. The Morgan fingerprint density at radius 3 is 1.13 bits per heavy atom. The molecule has 8 fully saturated rings. The summed E-state index contributed by atoms with van der Waals surface area (Å²) in [4.78, 5) is 0. The molecule has 0 aromatic carbocycles. The molecule has 0 amide bonds. The third-order valence-electron chi connectivity index (χ3n) is 14.1. The van der Waals surface area contributed by atoms with Gasteiger partial charge in [-0.1, -0.05) is 83.1 Å². The zero-order valence-electron chi connectivity index (χ0n) is 41.9. The summed E-state index contributed by atoms with van der Waals surface area (Å²) in [5, 5.41) is 0. The molecule has 362 valence electrons. The van der Waals surface area contributed by atoms with E-state index in [2.05, 4.69) is 83.1 Å². The molecule has 7 atom stereocenters. The van der Waals surface area contributed by atoms with Crippen molar-refractivity contribution in [2.45, 2.75) is 235 Å². The van der Waals surface area contributed by atoms with Crippen LogP contribution in [0, 0.1) is 46.3 Å². The Bertz CT molecular complexity index is 1110. The van der Waals surface area contributed by atoms with E-state index in [0.29, 0.717) is 65.3 Å². The molecule has 8 aliphatic rings. The highest BCUT2D eigenvalue weighted by atomic mass is 19.3. The van der Waals surface area contributed by atoms with Crippen LogP contribution in [0.4, 0.5) is 13.2 Å². The van der Waals surface area contributed by atoms with Crippen molar-refractivity contribution in [1.29, 1.82) is 0 Å². The zero-order chi connectivity index (χ0) is 45.8. The Labute approximate surface area is 372 Å². The third-order valence-corrected chi connectivity index (χ3v) is 14.1. The molecule has 7 unspecified atom stereocenters. The number of hydrogen-bond donors (Lipinski definition) is 0. The maximum absolute atomic E-state index is 13.2. The predicted molar refractivity (Wildman–Crippen MR) is 242 cm³/mol. The summed E-state index contributed by atoms with van der Waals surface area (Å²) in [6.07, 6.45) is 15.7. The summed E-state index contributed by atoms with van der Waals surface area (Å²) in [6.45, 7) is 36.1. The molecule has 0 N–H and O–H groups in total. The monoisotopic (exact) mass is 877 g/mol. The molecule has 8 rings (SSSR count). The van der Waals surface area contributed by atoms with Gasteiger partial charge in [-0.25, -0.2) is 13.2 Å². The first-order valence-electron chi connectivity index (χ1n) is 24.7. The lowest BCUT2D eigenvalue weighted by molar-refractivity contribution is -0.105. The van der Waals surface area contributed by atoms with Gasteiger partial charge in [0.1, 0.15) is 12.3 Å². The lowest BCUT2D eigenvalue weighted by Gasteiger charge is -2.33. The summed E-state index contributed by atoms with van der Waals surface area (Å²) in [6, 6.07) is 0. The van der Waals surface area contributed by atoms with Gasteiger partial charge in [-0.3, -0.25) is 0 Å². The second-order valence-electron chi connectivity index (χ2n) is 23.1. The van der Waals surface area contributed by atoms with Crippen molar-refractivity contribution < 1.29 is 46.3 Å². The largest absolute Gasteiger partial charge is 0.377 e. The van der Waals surface area contributed by atoms with Gasteiger partial charge in [-0.05, 0) is 138 Å². The maximum Gasteiger partial charge on any atom is 0.273 e. The summed E-state index contributed by atoms with van der Waals surface area (Å²) in [7, 11) is 0. The van der Waals surface area contributed by atoms with Crippen LogP contribution in [0.25, 0.3) is 0 Å². The van der Waals surface area contributed by atoms with Gasteiger partial charge in [0, 0.05) is 6.42 Å². The van der Waals surface area contributed by atoms with Gasteiger partial charge < -0.3 is 33.2 Å². The molecule has 7 nitrogen and oxygen atoms in total. The standard InChI is InChI=1S/C10H18O.C9H17FO.C9H16O.C9H18O.C7H12F2O.C7H14O2/c1-8(2)9-3-4-10(5-6-10)7-11-9;1-7(2)8-4-5-9(3,10)6-11-8;1-7(2)8-5-9(3-4-9)6-10-8;1-7(2)8-5-6-9(3,4)10-8;1-5(2)6-3-7(8,9)4-10-6;1-6(2)7-5-8-3-4-9-7/h8-9H,3-7H2,1-2H3;7-8H,4-6H2,1-3H3;7-8H,3-6H2,1-2H3;7-8H,5-6H2,1-4H3;5-6H,3-4H2,1-2H3;6-7H,3-5H2,1-2H3. The van der Waals surface area contributed by atoms with Gasteiger partial charge in [0.25, 0.3) is 5.92 Å². The first-order valence-corrected chi connectivity index (χ1v) is 24.7. The quantitative estimate of drug-likeness (QED) is 0.263. The smallest absolute Gasteiger partial charge is 0.273 e. The average Bonchev–Trinajstić information content (AvgIpc) is 3.96. The van der Waals surface area contributed by atoms with Crippen LogP contribution in [-0.4, -0.2) is 100 Å². The lowest BCUT2D eigenvalue weighted by atomic mass is 9.91. The summed E-state index contributed by atoms with van der Waals surface area (Å²) < 4.78 is 76.3. The molecule has 0 bridgehead atoms. The first kappa shape index (κ1) is 54.8. The highest BCUT2D eigenvalue weighted by Crippen LogP contribution is 2.55. The Balaban J connectivity index is 0.000000195. The summed E-state index contributed by atoms with van der Waals surface area (Å²) >= 11 is 0. The second-order valence-corrected chi connectivity index (χ2v) is 23.1. The highest BCUT2D eigenvalue weighted by molar-refractivity contribution is 4.99. The Kier molecular flexibility index (Phi) is 21.9. The lowest BCUT2D eigenvalue weighted by Crippen LogP contribution is -2.37. The average molecular weight is 877 g/mol. The van der Waals surface area contributed by atoms with E-state index in [-0.39, 0.29) is 36.8 Å². The topological polar surface area (TPSA) is 64.6 Å². The normalized spacial score (nSPS) is 33.8. The SMILES string of the molecule is CC(C)C1CC(F)(F)CO1.CC(C)C1CC2(CC2)CO1.CC(C)C1CCC(C)(C)O1.CC(C)C1CCC(C)(F)CO1.CC(C)C1CCC2(CC2)CO1.CC(C)C1COCCO1. The van der Waals surface area contributed by atoms with Crippen LogP contribution < -0.4 is 0 Å². The Morgan fingerprint density at radius 1 is 0.410 bits per heavy atom. The van der Waals surface area contributed by atoms with Gasteiger partial charge >= 0.3 is 0 Å². The minimum atomic E-state index is -2.57. The second kappa shape index (κ2) is 24.3. The van der Waals surface area contributed by atoms with Crippen molar-refractivity contribution in [2.75, 3.05) is 46.2 Å². The van der Waals surface area contributed by atoms with Crippen LogP contribution >= 0.6 is 0 Å². The van der Waals surface area contributed by atoms with E-state index in [0.717, 1.165) is 45.4 Å². The van der Waals surface area contributed by atoms with E-state index in [9.17, 15) is 13.2 Å². The molecular formula is C51H95F3O7. The molecule has 10 heteroatoms. The van der Waals surface area contributed by atoms with Crippen molar-refractivity contribution in [2.24, 2.45) is 46.3 Å². The molecule has 0 aromatic rings. The maximum atomic E-state index is 13.2. The molecule has 6 heterocycles. The van der Waals surface area contributed by atoms with Crippen molar-refractivity contribution >= 4 is 0 Å². The minimum Gasteiger partial charge on any atom is -0.377 e. The molecule has 6 saturated heterocycles. The van der Waals surface area contributed by atoms with Crippen LogP contribution in [-0.2, 0) is 33.2 Å². The van der Waals surface area contributed by atoms with Crippen molar-refractivity contribution in [1.82, 2.24) is 0 Å². The summed E-state index contributed by atoms with van der Waals surface area (Å²) in [5.41, 5.74) is 0.417. The molecule has 2 saturated carbocycles. The van der Waals surface area contributed by atoms with Crippen molar-refractivity contribution in [3.63, 3.8) is 0 Å². The van der Waals surface area contributed by atoms with Gasteiger partial charge in [-0.15, -0.1) is 0 Å². The van der Waals surface area contributed by atoms with Gasteiger partial charge in [0.15, 0.2) is 0 Å². The van der Waals surface area contributed by atoms with E-state index in [1.165, 1.54) is 57.8 Å². The summed E-state index contributed by atoms with van der Waals surface area (Å²) in [5.74, 6) is 0.854. The molecule has 0 radical (unpaired) electrons. The Hall–Kier alpha value is -0.490. The van der Waals surface area contributed by atoms with E-state index >= 15 is 0 Å². The number of hydrogen-bond acceptors (Lipinski definition) is 7. The van der Waals surface area contributed by atoms with E-state index in [1.807, 2.05) is 13.8 Å². The van der Waals surface area contributed by atoms with Crippen molar-refractivity contribution in [3.8, 4) is 0 Å². The van der Waals surface area contributed by atoms with Crippen LogP contribution in [0.1, 0.15) is 181 Å². The van der Waals surface area contributed by atoms with Gasteiger partial charge in [-0.2, -0.15) is 0 Å². The fourth-order valence-corrected chi connectivity index (χ4v) is 8.62. The first-order chi connectivity index (χ1) is 28.3. The van der Waals surface area contributed by atoms with Crippen LogP contribution in [0.5, 0.6) is 0 Å². The highest BCUT2D eigenvalue weighted by Gasteiger charge is 2.50. The number of alkyl halides is 3.